The Morgan fingerprint density at radius 2 is 2.25 bits per heavy atom. The minimum absolute atomic E-state index is 0.354. The van der Waals surface area contributed by atoms with Crippen molar-refractivity contribution >= 4 is 23.7 Å². The van der Waals surface area contributed by atoms with Gasteiger partial charge in [-0.25, -0.2) is 0 Å². The monoisotopic (exact) mass is 288 g/mol. The van der Waals surface area contributed by atoms with Gasteiger partial charge in [-0.3, -0.25) is 9.98 Å². The van der Waals surface area contributed by atoms with Gasteiger partial charge < -0.3 is 0 Å². The van der Waals surface area contributed by atoms with Crippen LogP contribution in [0.5, 0.6) is 0 Å². The predicted molar refractivity (Wildman–Crippen MR) is 90.0 cm³/mol. The standard InChI is InChI=1S/C17H24N2S/c1-12-4-5-15(19-16(12)20-3)14(11-18-2)13-6-7-17(10-13)8-9-17/h4-5,11-12,16H,6-10H2,1-3H3/b14-13-,18-11?. The topological polar surface area (TPSA) is 24.7 Å². The van der Waals surface area contributed by atoms with Crippen LogP contribution in [-0.4, -0.2) is 30.6 Å². The molecule has 3 rings (SSSR count). The van der Waals surface area contributed by atoms with E-state index in [4.69, 9.17) is 4.99 Å². The maximum Gasteiger partial charge on any atom is 0.102 e. The van der Waals surface area contributed by atoms with Crippen molar-refractivity contribution in [3.8, 4) is 0 Å². The summed E-state index contributed by atoms with van der Waals surface area (Å²) < 4.78 is 0. The Morgan fingerprint density at radius 1 is 1.45 bits per heavy atom. The summed E-state index contributed by atoms with van der Waals surface area (Å²) in [6.45, 7) is 2.24. The van der Waals surface area contributed by atoms with Crippen LogP contribution in [0.15, 0.2) is 33.3 Å². The molecule has 20 heavy (non-hydrogen) atoms. The molecule has 1 heterocycles. The lowest BCUT2D eigenvalue weighted by atomic mass is 9.97. The highest BCUT2D eigenvalue weighted by Crippen LogP contribution is 2.59. The molecule has 108 valence electrons. The molecule has 0 saturated heterocycles. The van der Waals surface area contributed by atoms with Crippen molar-refractivity contribution in [2.45, 2.75) is 44.4 Å². The van der Waals surface area contributed by atoms with E-state index in [1.54, 1.807) is 5.57 Å². The summed E-state index contributed by atoms with van der Waals surface area (Å²) in [6, 6.07) is 0. The van der Waals surface area contributed by atoms with Crippen LogP contribution in [0, 0.1) is 11.3 Å². The zero-order chi connectivity index (χ0) is 14.2. The number of hydrogen-bond acceptors (Lipinski definition) is 3. The Balaban J connectivity index is 1.91. The van der Waals surface area contributed by atoms with Crippen LogP contribution in [0.1, 0.15) is 39.0 Å². The van der Waals surface area contributed by atoms with E-state index in [-0.39, 0.29) is 0 Å². The van der Waals surface area contributed by atoms with Gasteiger partial charge in [0.2, 0.25) is 0 Å². The van der Waals surface area contributed by atoms with Gasteiger partial charge in [0.1, 0.15) is 5.37 Å². The van der Waals surface area contributed by atoms with Gasteiger partial charge >= 0.3 is 0 Å². The van der Waals surface area contributed by atoms with Crippen LogP contribution in [0.25, 0.3) is 0 Å². The van der Waals surface area contributed by atoms with Crippen LogP contribution in [0.3, 0.4) is 0 Å². The van der Waals surface area contributed by atoms with E-state index in [0.29, 0.717) is 16.7 Å². The van der Waals surface area contributed by atoms with Crippen LogP contribution < -0.4 is 0 Å². The van der Waals surface area contributed by atoms with Crippen LogP contribution >= 0.6 is 11.8 Å². The summed E-state index contributed by atoms with van der Waals surface area (Å²) in [7, 11) is 1.87. The van der Waals surface area contributed by atoms with Gasteiger partial charge in [0, 0.05) is 24.8 Å². The Hall–Kier alpha value is -0.830. The fourth-order valence-electron chi connectivity index (χ4n) is 3.41. The Morgan fingerprint density at radius 3 is 2.85 bits per heavy atom. The second-order valence-electron chi connectivity index (χ2n) is 6.44. The number of aliphatic imine (C=N–C) groups is 2. The fraction of sp³-hybridized carbons (Fsp3) is 0.647. The van der Waals surface area contributed by atoms with E-state index in [1.807, 2.05) is 25.0 Å². The molecule has 2 unspecified atom stereocenters. The molecule has 2 saturated carbocycles. The number of hydrogen-bond donors (Lipinski definition) is 0. The van der Waals surface area contributed by atoms with Crippen molar-refractivity contribution in [2.24, 2.45) is 21.3 Å². The first-order chi connectivity index (χ1) is 9.67. The molecule has 0 bridgehead atoms. The molecule has 2 atom stereocenters. The molecule has 3 heteroatoms. The number of thioether (sulfide) groups is 1. The van der Waals surface area contributed by atoms with E-state index in [9.17, 15) is 0 Å². The molecule has 2 nitrogen and oxygen atoms in total. The third kappa shape index (κ3) is 2.65. The first-order valence-electron chi connectivity index (χ1n) is 7.61. The lowest BCUT2D eigenvalue weighted by Gasteiger charge is -2.21. The Kier molecular flexibility index (Phi) is 3.89. The minimum atomic E-state index is 0.354. The van der Waals surface area contributed by atoms with Crippen molar-refractivity contribution < 1.29 is 0 Å². The maximum atomic E-state index is 4.96. The van der Waals surface area contributed by atoms with Crippen LogP contribution in [-0.2, 0) is 0 Å². The normalized spacial score (nSPS) is 33.9. The molecular weight excluding hydrogens is 264 g/mol. The fourth-order valence-corrected chi connectivity index (χ4v) is 4.15. The first kappa shape index (κ1) is 14.1. The van der Waals surface area contributed by atoms with E-state index >= 15 is 0 Å². The van der Waals surface area contributed by atoms with Crippen molar-refractivity contribution in [1.29, 1.82) is 0 Å². The second-order valence-corrected chi connectivity index (χ2v) is 7.39. The maximum absolute atomic E-state index is 4.96. The third-order valence-electron chi connectivity index (χ3n) is 4.93. The molecule has 0 aromatic rings. The lowest BCUT2D eigenvalue weighted by molar-refractivity contribution is 0.543. The van der Waals surface area contributed by atoms with Gasteiger partial charge in [-0.05, 0) is 49.9 Å². The molecule has 0 radical (unpaired) electrons. The summed E-state index contributed by atoms with van der Waals surface area (Å²) in [5.74, 6) is 0.525. The number of allylic oxidation sites excluding steroid dienone is 3. The van der Waals surface area contributed by atoms with Gasteiger partial charge in [-0.2, -0.15) is 0 Å². The van der Waals surface area contributed by atoms with E-state index < -0.39 is 0 Å². The summed E-state index contributed by atoms with van der Waals surface area (Å²) >= 11 is 1.84. The highest BCUT2D eigenvalue weighted by atomic mass is 32.2. The molecule has 0 amide bonds. The smallest absolute Gasteiger partial charge is 0.102 e. The molecule has 3 aliphatic rings. The Labute approximate surface area is 126 Å². The highest BCUT2D eigenvalue weighted by molar-refractivity contribution is 7.99. The summed E-state index contributed by atoms with van der Waals surface area (Å²) in [4.78, 5) is 9.25. The minimum Gasteiger partial charge on any atom is -0.296 e. The zero-order valence-electron chi connectivity index (χ0n) is 12.7. The van der Waals surface area contributed by atoms with Crippen LogP contribution in [0.2, 0.25) is 0 Å². The van der Waals surface area contributed by atoms with E-state index in [1.165, 1.54) is 37.7 Å². The number of nitrogens with zero attached hydrogens (tertiary/aromatic N) is 2. The summed E-state index contributed by atoms with van der Waals surface area (Å²) in [6.07, 6.45) is 15.5. The van der Waals surface area contributed by atoms with E-state index in [0.717, 1.165) is 5.71 Å². The number of dihydropyridines is 1. The molecular formula is C17H24N2S. The first-order valence-corrected chi connectivity index (χ1v) is 8.90. The Bertz CT molecular complexity index is 509. The molecule has 2 fully saturated rings. The van der Waals surface area contributed by atoms with Gasteiger partial charge in [0.25, 0.3) is 0 Å². The quantitative estimate of drug-likeness (QED) is 0.711. The lowest BCUT2D eigenvalue weighted by Crippen LogP contribution is -2.19. The van der Waals surface area contributed by atoms with Gasteiger partial charge in [0.15, 0.2) is 0 Å². The average molecular weight is 288 g/mol. The predicted octanol–water partition coefficient (Wildman–Crippen LogP) is 4.28. The van der Waals surface area contributed by atoms with Crippen molar-refractivity contribution in [1.82, 2.24) is 0 Å². The van der Waals surface area contributed by atoms with Crippen LogP contribution in [0.4, 0.5) is 0 Å². The van der Waals surface area contributed by atoms with Gasteiger partial charge in [0.05, 0.1) is 5.71 Å². The van der Waals surface area contributed by atoms with E-state index in [2.05, 4.69) is 30.3 Å². The number of rotatable bonds is 3. The average Bonchev–Trinajstić information content (AvgIpc) is 3.08. The van der Waals surface area contributed by atoms with Crippen molar-refractivity contribution in [2.75, 3.05) is 13.3 Å². The zero-order valence-corrected chi connectivity index (χ0v) is 13.5. The molecule has 0 aromatic carbocycles. The summed E-state index contributed by atoms with van der Waals surface area (Å²) in [5, 5.41) is 0.354. The molecule has 0 aromatic heterocycles. The van der Waals surface area contributed by atoms with Gasteiger partial charge in [-0.1, -0.05) is 18.6 Å². The van der Waals surface area contributed by atoms with Gasteiger partial charge in [-0.15, -0.1) is 11.8 Å². The largest absolute Gasteiger partial charge is 0.296 e. The van der Waals surface area contributed by atoms with Crippen molar-refractivity contribution in [3.63, 3.8) is 0 Å². The molecule has 1 aliphatic heterocycles. The van der Waals surface area contributed by atoms with Crippen molar-refractivity contribution in [3.05, 3.63) is 23.3 Å². The SMILES string of the molecule is CN=C/C(C1=NC(SC)C(C)C=C1)=C1\CCC2(CC2)C1. The third-order valence-corrected chi connectivity index (χ3v) is 5.95. The molecule has 2 aliphatic carbocycles. The summed E-state index contributed by atoms with van der Waals surface area (Å²) in [5.41, 5.74) is 4.72. The molecule has 0 N–H and O–H groups in total. The second kappa shape index (κ2) is 5.51. The highest BCUT2D eigenvalue weighted by Gasteiger charge is 2.46. The molecule has 1 spiro atoms.